The molecule has 2 aromatic carbocycles. The molecule has 3 N–H and O–H groups in total. The van der Waals surface area contributed by atoms with E-state index in [2.05, 4.69) is 33.2 Å². The van der Waals surface area contributed by atoms with Gasteiger partial charge in [0.25, 0.3) is 5.91 Å². The third-order valence-corrected chi connectivity index (χ3v) is 7.79. The number of fused-ring (bicyclic) bond motifs is 2. The monoisotopic (exact) mass is 505 g/mol. The van der Waals surface area contributed by atoms with Gasteiger partial charge in [-0.25, -0.2) is 0 Å². The van der Waals surface area contributed by atoms with Crippen LogP contribution in [-0.2, 0) is 0 Å². The van der Waals surface area contributed by atoms with Gasteiger partial charge in [-0.15, -0.1) is 0 Å². The number of likely N-dealkylation sites (N-methyl/N-ethyl adjacent to an activating group) is 1. The summed E-state index contributed by atoms with van der Waals surface area (Å²) in [5.41, 5.74) is 10.9. The quantitative estimate of drug-likeness (QED) is 0.531. The number of carbonyl (C=O) groups excluding carboxylic acids is 1. The number of aryl methyl sites for hydroxylation is 1. The van der Waals surface area contributed by atoms with Crippen molar-refractivity contribution < 1.29 is 14.3 Å². The number of aliphatic imine (C=N–C) groups is 1. The molecule has 0 spiro atoms. The van der Waals surface area contributed by atoms with Crippen molar-refractivity contribution in [2.75, 3.05) is 46.3 Å². The molecule has 0 unspecified atom stereocenters. The molecule has 1 amide bonds. The van der Waals surface area contributed by atoms with Crippen molar-refractivity contribution in [3.05, 3.63) is 58.8 Å². The Morgan fingerprint density at radius 3 is 2.43 bits per heavy atom. The largest absolute Gasteiger partial charge is 0.493 e. The van der Waals surface area contributed by atoms with Crippen molar-refractivity contribution in [1.29, 1.82) is 0 Å². The zero-order chi connectivity index (χ0) is 26.7. The number of nitrogens with zero attached hydrogens (tertiary/aromatic N) is 3. The predicted molar refractivity (Wildman–Crippen MR) is 150 cm³/mol. The van der Waals surface area contributed by atoms with E-state index in [-0.39, 0.29) is 11.9 Å². The minimum absolute atomic E-state index is 0.106. The maximum atomic E-state index is 13.5. The molecular weight excluding hydrogens is 466 g/mol. The first-order valence-electron chi connectivity index (χ1n) is 12.8. The highest BCUT2D eigenvalue weighted by molar-refractivity contribution is 6.11. The van der Waals surface area contributed by atoms with E-state index in [0.29, 0.717) is 34.7 Å². The molecular formula is C29H39N5O3. The summed E-state index contributed by atoms with van der Waals surface area (Å²) < 4.78 is 11.2. The maximum absolute atomic E-state index is 13.5. The third-order valence-electron chi connectivity index (χ3n) is 7.79. The molecule has 2 saturated heterocycles. The fraction of sp³-hybridized carbons (Fsp3) is 0.448. The second-order valence-corrected chi connectivity index (χ2v) is 9.96. The first-order valence-corrected chi connectivity index (χ1v) is 12.8. The highest BCUT2D eigenvalue weighted by Crippen LogP contribution is 2.38. The van der Waals surface area contributed by atoms with Crippen LogP contribution in [0.5, 0.6) is 11.5 Å². The van der Waals surface area contributed by atoms with Crippen LogP contribution < -0.4 is 25.4 Å². The van der Waals surface area contributed by atoms with E-state index in [9.17, 15) is 4.79 Å². The van der Waals surface area contributed by atoms with E-state index >= 15 is 0 Å². The first kappa shape index (κ1) is 26.5. The summed E-state index contributed by atoms with van der Waals surface area (Å²) in [7, 11) is 7.10. The summed E-state index contributed by atoms with van der Waals surface area (Å²) >= 11 is 0. The number of ether oxygens (including phenoxy) is 2. The smallest absolute Gasteiger partial charge is 0.252 e. The van der Waals surface area contributed by atoms with Crippen LogP contribution >= 0.6 is 0 Å². The molecule has 198 valence electrons. The minimum atomic E-state index is -0.286. The molecule has 0 radical (unpaired) electrons. The van der Waals surface area contributed by atoms with Gasteiger partial charge in [-0.3, -0.25) is 14.7 Å². The highest BCUT2D eigenvalue weighted by atomic mass is 16.5. The Hall–Kier alpha value is -3.52. The Morgan fingerprint density at radius 1 is 1.14 bits per heavy atom. The Labute approximate surface area is 220 Å². The lowest BCUT2D eigenvalue weighted by Gasteiger charge is -2.40. The van der Waals surface area contributed by atoms with Gasteiger partial charge in [0, 0.05) is 67.0 Å². The SMILES string of the molecule is CN=CC(=CN)c1cc([C@@H](C)NC(=O)c2cc(N3C[C@H]4CC[C@@H](C3)N4C)ccc2C)cc(OC)c1OC. The molecule has 8 nitrogen and oxygen atoms in total. The van der Waals surface area contributed by atoms with E-state index < -0.39 is 0 Å². The zero-order valence-corrected chi connectivity index (χ0v) is 22.7. The maximum Gasteiger partial charge on any atom is 0.252 e. The standard InChI is InChI=1S/C29H39N5O3/c1-18-7-8-22(34-16-23-9-10-24(17-34)33(23)4)13-25(18)29(35)32-19(2)20-11-26(21(14-30)15-31-3)28(37-6)27(12-20)36-5/h7-8,11-15,19,23-24H,9-10,16-17,30H2,1-6H3,(H,32,35)/t19-,23-,24+/m1/s1. The van der Waals surface area contributed by atoms with Crippen molar-refractivity contribution in [2.45, 2.75) is 44.8 Å². The number of rotatable bonds is 8. The van der Waals surface area contributed by atoms with Gasteiger partial charge in [0.15, 0.2) is 11.5 Å². The van der Waals surface area contributed by atoms with Gasteiger partial charge in [0.2, 0.25) is 0 Å². The lowest BCUT2D eigenvalue weighted by atomic mass is 9.98. The first-order chi connectivity index (χ1) is 17.8. The van der Waals surface area contributed by atoms with Crippen LogP contribution in [0.1, 0.15) is 52.9 Å². The number of allylic oxidation sites excluding steroid dienone is 1. The van der Waals surface area contributed by atoms with E-state index in [0.717, 1.165) is 35.5 Å². The summed E-state index contributed by atoms with van der Waals surface area (Å²) in [6.07, 6.45) is 5.64. The Bertz CT molecular complexity index is 1190. The van der Waals surface area contributed by atoms with Crippen molar-refractivity contribution in [1.82, 2.24) is 10.2 Å². The van der Waals surface area contributed by atoms with Crippen LogP contribution in [-0.4, -0.2) is 70.5 Å². The van der Waals surface area contributed by atoms with Crippen LogP contribution in [0.3, 0.4) is 0 Å². The van der Waals surface area contributed by atoms with Gasteiger partial charge in [-0.2, -0.15) is 0 Å². The van der Waals surface area contributed by atoms with Gasteiger partial charge in [-0.1, -0.05) is 6.07 Å². The van der Waals surface area contributed by atoms with Gasteiger partial charge < -0.3 is 25.4 Å². The minimum Gasteiger partial charge on any atom is -0.493 e. The lowest BCUT2D eigenvalue weighted by Crippen LogP contribution is -2.52. The van der Waals surface area contributed by atoms with Crippen LogP contribution in [0.15, 0.2) is 41.5 Å². The number of nitrogens with one attached hydrogen (secondary N) is 1. The summed E-state index contributed by atoms with van der Waals surface area (Å²) in [6, 6.07) is 10.9. The molecule has 0 saturated carbocycles. The second-order valence-electron chi connectivity index (χ2n) is 9.96. The van der Waals surface area contributed by atoms with Crippen LogP contribution in [0, 0.1) is 6.92 Å². The van der Waals surface area contributed by atoms with E-state index in [1.54, 1.807) is 27.5 Å². The number of amides is 1. The molecule has 0 aromatic heterocycles. The van der Waals surface area contributed by atoms with Crippen molar-refractivity contribution in [2.24, 2.45) is 10.7 Å². The lowest BCUT2D eigenvalue weighted by molar-refractivity contribution is 0.0939. The molecule has 2 heterocycles. The Morgan fingerprint density at radius 2 is 1.84 bits per heavy atom. The number of anilines is 1. The zero-order valence-electron chi connectivity index (χ0n) is 22.7. The number of nitrogens with two attached hydrogens (primary N) is 1. The Kier molecular flexibility index (Phi) is 8.07. The number of hydrogen-bond donors (Lipinski definition) is 2. The predicted octanol–water partition coefficient (Wildman–Crippen LogP) is 3.79. The number of benzene rings is 2. The average molecular weight is 506 g/mol. The molecule has 4 rings (SSSR count). The molecule has 3 atom stereocenters. The van der Waals surface area contributed by atoms with Crippen LogP contribution in [0.4, 0.5) is 5.69 Å². The average Bonchev–Trinajstić information content (AvgIpc) is 3.10. The number of methoxy groups -OCH3 is 2. The fourth-order valence-corrected chi connectivity index (χ4v) is 5.53. The van der Waals surface area contributed by atoms with Crippen LogP contribution in [0.2, 0.25) is 0 Å². The van der Waals surface area contributed by atoms with Gasteiger partial charge in [0.05, 0.1) is 20.3 Å². The van der Waals surface area contributed by atoms with E-state index in [1.165, 1.54) is 19.0 Å². The summed E-state index contributed by atoms with van der Waals surface area (Å²) in [5, 5.41) is 3.18. The number of piperazine rings is 1. The summed E-state index contributed by atoms with van der Waals surface area (Å²) in [5.74, 6) is 1.01. The molecule has 37 heavy (non-hydrogen) atoms. The molecule has 2 aromatic rings. The van der Waals surface area contributed by atoms with Crippen molar-refractivity contribution in [3.8, 4) is 11.5 Å². The summed E-state index contributed by atoms with van der Waals surface area (Å²) in [4.78, 5) is 22.5. The van der Waals surface area contributed by atoms with Gasteiger partial charge in [0.1, 0.15) is 0 Å². The molecule has 2 fully saturated rings. The topological polar surface area (TPSA) is 92.4 Å². The van der Waals surface area contributed by atoms with Crippen LogP contribution in [0.25, 0.3) is 5.57 Å². The molecule has 0 aliphatic carbocycles. The molecule has 2 aliphatic rings. The van der Waals surface area contributed by atoms with E-state index in [1.807, 2.05) is 38.1 Å². The summed E-state index contributed by atoms with van der Waals surface area (Å²) in [6.45, 7) is 5.94. The Balaban J connectivity index is 1.59. The molecule has 8 heteroatoms. The molecule has 2 aliphatic heterocycles. The van der Waals surface area contributed by atoms with Gasteiger partial charge >= 0.3 is 0 Å². The number of carbonyl (C=O) groups is 1. The van der Waals surface area contributed by atoms with E-state index in [4.69, 9.17) is 15.2 Å². The second kappa shape index (κ2) is 11.3. The third kappa shape index (κ3) is 5.30. The highest BCUT2D eigenvalue weighted by Gasteiger charge is 2.37. The number of hydrogen-bond acceptors (Lipinski definition) is 7. The van der Waals surface area contributed by atoms with Crippen molar-refractivity contribution >= 4 is 23.4 Å². The van der Waals surface area contributed by atoms with Crippen molar-refractivity contribution in [3.63, 3.8) is 0 Å². The fourth-order valence-electron chi connectivity index (χ4n) is 5.53. The molecule has 2 bridgehead atoms. The normalized spacial score (nSPS) is 20.8. The van der Waals surface area contributed by atoms with Gasteiger partial charge in [-0.05, 0) is 69.1 Å².